The molecular formula is C21H18F2N4O2S. The zero-order valence-electron chi connectivity index (χ0n) is 15.8. The summed E-state index contributed by atoms with van der Waals surface area (Å²) in [7, 11) is 0. The summed E-state index contributed by atoms with van der Waals surface area (Å²) in [6, 6.07) is 12.2. The molecule has 0 radical (unpaired) electrons. The van der Waals surface area contributed by atoms with Gasteiger partial charge in [0, 0.05) is 31.6 Å². The number of carbonyl (C=O) groups excluding carboxylic acids is 2. The summed E-state index contributed by atoms with van der Waals surface area (Å²) >= 11 is 1.10. The number of benzene rings is 2. The molecule has 9 heteroatoms. The fourth-order valence-electron chi connectivity index (χ4n) is 3.26. The van der Waals surface area contributed by atoms with Crippen LogP contribution in [0.1, 0.15) is 20.8 Å². The molecule has 0 spiro atoms. The van der Waals surface area contributed by atoms with Gasteiger partial charge in [-0.1, -0.05) is 24.3 Å². The number of nitrogens with one attached hydrogen (secondary N) is 1. The molecule has 1 aliphatic rings. The number of para-hydroxylation sites is 1. The number of nitrogens with zero attached hydrogens (tertiary/aromatic N) is 3. The van der Waals surface area contributed by atoms with Gasteiger partial charge in [0.15, 0.2) is 5.13 Å². The van der Waals surface area contributed by atoms with Gasteiger partial charge in [0.05, 0.1) is 11.3 Å². The lowest BCUT2D eigenvalue weighted by atomic mass is 10.2. The van der Waals surface area contributed by atoms with Gasteiger partial charge >= 0.3 is 0 Å². The minimum atomic E-state index is -0.629. The highest BCUT2D eigenvalue weighted by atomic mass is 32.1. The van der Waals surface area contributed by atoms with E-state index in [9.17, 15) is 18.4 Å². The predicted octanol–water partition coefficient (Wildman–Crippen LogP) is 3.64. The van der Waals surface area contributed by atoms with Crippen molar-refractivity contribution in [3.63, 3.8) is 0 Å². The average Bonchev–Trinajstić information content (AvgIpc) is 3.22. The van der Waals surface area contributed by atoms with E-state index >= 15 is 0 Å². The van der Waals surface area contributed by atoms with Crippen LogP contribution >= 0.6 is 11.3 Å². The average molecular weight is 428 g/mol. The molecule has 1 saturated heterocycles. The van der Waals surface area contributed by atoms with E-state index in [0.717, 1.165) is 11.3 Å². The van der Waals surface area contributed by atoms with Gasteiger partial charge in [-0.2, -0.15) is 0 Å². The second-order valence-electron chi connectivity index (χ2n) is 6.70. The van der Waals surface area contributed by atoms with Crippen LogP contribution in [0.15, 0.2) is 53.9 Å². The summed E-state index contributed by atoms with van der Waals surface area (Å²) in [6.07, 6.45) is 0. The SMILES string of the molecule is O=C(Nc1nc(C(=O)N2CCN(c3ccccc3F)CC2)cs1)c1ccccc1F. The molecule has 1 aliphatic heterocycles. The van der Waals surface area contributed by atoms with Gasteiger partial charge < -0.3 is 9.80 Å². The third-order valence-corrected chi connectivity index (χ3v) is 5.58. The molecule has 0 bridgehead atoms. The molecule has 0 aliphatic carbocycles. The van der Waals surface area contributed by atoms with Crippen LogP contribution < -0.4 is 10.2 Å². The van der Waals surface area contributed by atoms with Crippen LogP contribution in [0.25, 0.3) is 0 Å². The van der Waals surface area contributed by atoms with Crippen molar-refractivity contribution in [3.05, 3.63) is 76.8 Å². The van der Waals surface area contributed by atoms with Crippen LogP contribution in [0.2, 0.25) is 0 Å². The molecule has 3 aromatic rings. The lowest BCUT2D eigenvalue weighted by molar-refractivity contribution is 0.0741. The van der Waals surface area contributed by atoms with E-state index < -0.39 is 11.7 Å². The van der Waals surface area contributed by atoms with Gasteiger partial charge in [0.2, 0.25) is 0 Å². The Hall–Kier alpha value is -3.33. The quantitative estimate of drug-likeness (QED) is 0.689. The number of aromatic nitrogens is 1. The van der Waals surface area contributed by atoms with E-state index in [1.165, 1.54) is 24.3 Å². The summed E-state index contributed by atoms with van der Waals surface area (Å²) in [5.74, 6) is -1.80. The van der Waals surface area contributed by atoms with Crippen LogP contribution in [-0.2, 0) is 0 Å². The van der Waals surface area contributed by atoms with E-state index in [1.54, 1.807) is 34.5 Å². The standard InChI is InChI=1S/C21H18F2N4O2S/c22-15-6-2-1-5-14(15)19(28)25-21-24-17(13-30-21)20(29)27-11-9-26(10-12-27)18-8-4-3-7-16(18)23/h1-8,13H,9-12H2,(H,24,25,28). The normalized spacial score (nSPS) is 13.9. The molecule has 0 atom stereocenters. The Morgan fingerprint density at radius 2 is 1.60 bits per heavy atom. The van der Waals surface area contributed by atoms with Gasteiger partial charge in [0.1, 0.15) is 17.3 Å². The maximum absolute atomic E-state index is 14.0. The number of rotatable bonds is 4. The lowest BCUT2D eigenvalue weighted by Gasteiger charge is -2.35. The summed E-state index contributed by atoms with van der Waals surface area (Å²) < 4.78 is 27.7. The van der Waals surface area contributed by atoms with Crippen LogP contribution in [0.5, 0.6) is 0 Å². The molecule has 1 fully saturated rings. The molecule has 0 unspecified atom stereocenters. The van der Waals surface area contributed by atoms with Crippen LogP contribution in [0.4, 0.5) is 19.6 Å². The molecule has 0 saturated carbocycles. The van der Waals surface area contributed by atoms with Crippen molar-refractivity contribution in [1.29, 1.82) is 0 Å². The largest absolute Gasteiger partial charge is 0.366 e. The number of amides is 2. The number of thiazole rings is 1. The summed E-state index contributed by atoms with van der Waals surface area (Å²) in [6.45, 7) is 1.88. The first kappa shape index (κ1) is 20.0. The third-order valence-electron chi connectivity index (χ3n) is 4.82. The molecule has 1 N–H and O–H groups in total. The predicted molar refractivity (Wildman–Crippen MR) is 111 cm³/mol. The van der Waals surface area contributed by atoms with Gasteiger partial charge in [-0.15, -0.1) is 11.3 Å². The Morgan fingerprint density at radius 3 is 2.30 bits per heavy atom. The van der Waals surface area contributed by atoms with E-state index in [4.69, 9.17) is 0 Å². The van der Waals surface area contributed by atoms with Crippen molar-refractivity contribution >= 4 is 34.0 Å². The second-order valence-corrected chi connectivity index (χ2v) is 7.56. The maximum Gasteiger partial charge on any atom is 0.273 e. The molecule has 154 valence electrons. The van der Waals surface area contributed by atoms with Crippen LogP contribution in [0.3, 0.4) is 0 Å². The van der Waals surface area contributed by atoms with Gasteiger partial charge in [-0.25, -0.2) is 13.8 Å². The second kappa shape index (κ2) is 8.58. The monoisotopic (exact) mass is 428 g/mol. The molecule has 2 amide bonds. The number of hydrogen-bond acceptors (Lipinski definition) is 5. The highest BCUT2D eigenvalue weighted by Gasteiger charge is 2.25. The van der Waals surface area contributed by atoms with Crippen molar-refractivity contribution in [2.24, 2.45) is 0 Å². The Labute approximate surface area is 175 Å². The molecular weight excluding hydrogens is 410 g/mol. The van der Waals surface area contributed by atoms with Crippen molar-refractivity contribution < 1.29 is 18.4 Å². The van der Waals surface area contributed by atoms with Crippen LogP contribution in [-0.4, -0.2) is 47.9 Å². The van der Waals surface area contributed by atoms with E-state index in [1.807, 2.05) is 4.90 Å². The van der Waals surface area contributed by atoms with E-state index in [0.29, 0.717) is 31.9 Å². The zero-order chi connectivity index (χ0) is 21.1. The van der Waals surface area contributed by atoms with Gasteiger partial charge in [0.25, 0.3) is 11.8 Å². The first-order chi connectivity index (χ1) is 14.5. The highest BCUT2D eigenvalue weighted by Crippen LogP contribution is 2.22. The zero-order valence-corrected chi connectivity index (χ0v) is 16.7. The Bertz CT molecular complexity index is 1080. The van der Waals surface area contributed by atoms with E-state index in [2.05, 4.69) is 10.3 Å². The Balaban J connectivity index is 1.37. The number of anilines is 2. The minimum Gasteiger partial charge on any atom is -0.366 e. The smallest absolute Gasteiger partial charge is 0.273 e. The van der Waals surface area contributed by atoms with E-state index in [-0.39, 0.29) is 28.1 Å². The fourth-order valence-corrected chi connectivity index (χ4v) is 3.94. The molecule has 1 aromatic heterocycles. The third kappa shape index (κ3) is 4.16. The Kier molecular flexibility index (Phi) is 5.71. The minimum absolute atomic E-state index is 0.0927. The lowest BCUT2D eigenvalue weighted by Crippen LogP contribution is -2.49. The Morgan fingerprint density at radius 1 is 0.933 bits per heavy atom. The number of piperazine rings is 1. The summed E-state index contributed by atoms with van der Waals surface area (Å²) in [5, 5.41) is 4.30. The van der Waals surface area contributed by atoms with Crippen molar-refractivity contribution in [2.45, 2.75) is 0 Å². The van der Waals surface area contributed by atoms with Crippen molar-refractivity contribution in [3.8, 4) is 0 Å². The topological polar surface area (TPSA) is 65.5 Å². The van der Waals surface area contributed by atoms with Gasteiger partial charge in [-0.05, 0) is 24.3 Å². The molecule has 4 rings (SSSR count). The fraction of sp³-hybridized carbons (Fsp3) is 0.190. The summed E-state index contributed by atoms with van der Waals surface area (Å²) in [5.41, 5.74) is 0.643. The van der Waals surface area contributed by atoms with Crippen molar-refractivity contribution in [2.75, 3.05) is 36.4 Å². The maximum atomic E-state index is 14.0. The number of hydrogen-bond donors (Lipinski definition) is 1. The molecule has 2 aromatic carbocycles. The molecule has 2 heterocycles. The van der Waals surface area contributed by atoms with Gasteiger partial charge in [-0.3, -0.25) is 14.9 Å². The van der Waals surface area contributed by atoms with Crippen LogP contribution in [0, 0.1) is 11.6 Å². The number of halogens is 2. The summed E-state index contributed by atoms with van der Waals surface area (Å²) in [4.78, 5) is 32.7. The molecule has 6 nitrogen and oxygen atoms in total. The first-order valence-electron chi connectivity index (χ1n) is 9.33. The highest BCUT2D eigenvalue weighted by molar-refractivity contribution is 7.14. The number of carbonyl (C=O) groups is 2. The first-order valence-corrected chi connectivity index (χ1v) is 10.2. The van der Waals surface area contributed by atoms with Crippen molar-refractivity contribution in [1.82, 2.24) is 9.88 Å². The molecule has 30 heavy (non-hydrogen) atoms.